The smallest absolute Gasteiger partial charge is 0.407 e. The topological polar surface area (TPSA) is 154 Å². The fourth-order valence-corrected chi connectivity index (χ4v) is 5.42. The summed E-state index contributed by atoms with van der Waals surface area (Å²) in [4.78, 5) is 58.5. The number of amides is 3. The number of methoxy groups -OCH3 is 1. The Morgan fingerprint density at radius 3 is 1.11 bits per heavy atom. The van der Waals surface area contributed by atoms with Gasteiger partial charge in [-0.05, 0) is 80.0 Å². The Morgan fingerprint density at radius 1 is 0.528 bits per heavy atom. The van der Waals surface area contributed by atoms with E-state index in [-0.39, 0.29) is 5.97 Å². The van der Waals surface area contributed by atoms with Crippen molar-refractivity contribution in [3.05, 3.63) is 35.4 Å². The second kappa shape index (κ2) is 21.9. The van der Waals surface area contributed by atoms with Crippen LogP contribution in [0.15, 0.2) is 24.3 Å². The molecule has 2 rings (SSSR count). The number of benzene rings is 1. The van der Waals surface area contributed by atoms with E-state index < -0.39 is 35.1 Å². The minimum Gasteiger partial charge on any atom is -0.465 e. The van der Waals surface area contributed by atoms with Gasteiger partial charge in [-0.1, -0.05) is 12.1 Å². The minimum absolute atomic E-state index is 0.371. The monoisotopic (exact) mass is 750 g/mol. The largest absolute Gasteiger partial charge is 0.465 e. The number of carbonyl (C=O) groups excluding carboxylic acids is 4. The first-order valence-electron chi connectivity index (χ1n) is 18.7. The molecule has 0 aromatic heterocycles. The van der Waals surface area contributed by atoms with Gasteiger partial charge in [-0.3, -0.25) is 19.6 Å². The molecule has 0 bridgehead atoms. The summed E-state index contributed by atoms with van der Waals surface area (Å²) in [5.74, 6) is -0.371. The molecular weight excluding hydrogens is 682 g/mol. The van der Waals surface area contributed by atoms with E-state index in [0.717, 1.165) is 57.9 Å². The lowest BCUT2D eigenvalue weighted by molar-refractivity contribution is 0.0500. The standard InChI is InChI=1S/C38H67N7O8/c1-36(2,3)51-33(47)39-15-18-42-21-23-43(19-16-40-34(48)52-37(4,5)6)25-27-45(29-30-11-13-31(14-12-30)32(46)50-10)28-26-44(24-22-42)20-17-41-35(49)53-38(7,8)9/h11-14H,15-29H2,1-10H3,(H,39,47)(H,40,48)(H,41,49). The number of hydrogen-bond donors (Lipinski definition) is 3. The molecular formula is C38H67N7O8. The lowest BCUT2D eigenvalue weighted by Crippen LogP contribution is -2.49. The zero-order valence-corrected chi connectivity index (χ0v) is 34.0. The van der Waals surface area contributed by atoms with E-state index in [1.807, 2.05) is 74.4 Å². The van der Waals surface area contributed by atoms with E-state index in [1.165, 1.54) is 7.11 Å². The van der Waals surface area contributed by atoms with Gasteiger partial charge in [-0.25, -0.2) is 19.2 Å². The first-order valence-corrected chi connectivity index (χ1v) is 18.7. The highest BCUT2D eigenvalue weighted by atomic mass is 16.6. The maximum absolute atomic E-state index is 12.4. The van der Waals surface area contributed by atoms with E-state index in [4.69, 9.17) is 18.9 Å². The Morgan fingerprint density at radius 2 is 0.830 bits per heavy atom. The van der Waals surface area contributed by atoms with Crippen molar-refractivity contribution in [3.8, 4) is 0 Å². The minimum atomic E-state index is -0.584. The second-order valence-corrected chi connectivity index (χ2v) is 16.3. The summed E-state index contributed by atoms with van der Waals surface area (Å²) in [6.45, 7) is 26.4. The fourth-order valence-electron chi connectivity index (χ4n) is 5.42. The number of carbonyl (C=O) groups is 4. The number of hydrogen-bond acceptors (Lipinski definition) is 12. The van der Waals surface area contributed by atoms with Crippen LogP contribution in [0.25, 0.3) is 0 Å². The van der Waals surface area contributed by atoms with E-state index in [0.29, 0.717) is 51.4 Å². The van der Waals surface area contributed by atoms with Gasteiger partial charge in [0, 0.05) is 98.2 Å². The number of ether oxygens (including phenoxy) is 4. The summed E-state index contributed by atoms with van der Waals surface area (Å²) in [7, 11) is 1.37. The highest BCUT2D eigenvalue weighted by Gasteiger charge is 2.21. The van der Waals surface area contributed by atoms with Gasteiger partial charge in [0.15, 0.2) is 0 Å². The maximum Gasteiger partial charge on any atom is 0.407 e. The molecule has 302 valence electrons. The van der Waals surface area contributed by atoms with Crippen LogP contribution in [0.1, 0.15) is 78.2 Å². The van der Waals surface area contributed by atoms with Crippen LogP contribution in [-0.4, -0.2) is 159 Å². The highest BCUT2D eigenvalue weighted by molar-refractivity contribution is 5.89. The molecule has 15 heteroatoms. The summed E-state index contributed by atoms with van der Waals surface area (Å²) >= 11 is 0. The van der Waals surface area contributed by atoms with Crippen molar-refractivity contribution in [2.24, 2.45) is 0 Å². The maximum atomic E-state index is 12.4. The van der Waals surface area contributed by atoms with Gasteiger partial charge in [0.05, 0.1) is 12.7 Å². The predicted molar refractivity (Wildman–Crippen MR) is 205 cm³/mol. The van der Waals surface area contributed by atoms with Crippen LogP contribution in [-0.2, 0) is 25.5 Å². The number of rotatable bonds is 12. The molecule has 0 spiro atoms. The van der Waals surface area contributed by atoms with Crippen LogP contribution < -0.4 is 16.0 Å². The molecule has 0 saturated carbocycles. The zero-order chi connectivity index (χ0) is 39.7. The van der Waals surface area contributed by atoms with Gasteiger partial charge >= 0.3 is 24.2 Å². The Balaban J connectivity index is 2.22. The number of alkyl carbamates (subject to hydrolysis) is 3. The molecule has 0 radical (unpaired) electrons. The van der Waals surface area contributed by atoms with Crippen LogP contribution in [0.4, 0.5) is 14.4 Å². The van der Waals surface area contributed by atoms with Crippen molar-refractivity contribution in [1.29, 1.82) is 0 Å². The molecule has 53 heavy (non-hydrogen) atoms. The molecule has 1 aromatic carbocycles. The summed E-state index contributed by atoms with van der Waals surface area (Å²) in [6, 6.07) is 7.48. The normalized spacial score (nSPS) is 16.4. The van der Waals surface area contributed by atoms with Crippen LogP contribution in [0.2, 0.25) is 0 Å². The third-order valence-corrected chi connectivity index (χ3v) is 8.00. The third kappa shape index (κ3) is 21.6. The van der Waals surface area contributed by atoms with Crippen LogP contribution >= 0.6 is 0 Å². The molecule has 1 fully saturated rings. The second-order valence-electron chi connectivity index (χ2n) is 16.3. The number of nitrogens with zero attached hydrogens (tertiary/aromatic N) is 4. The van der Waals surface area contributed by atoms with Crippen molar-refractivity contribution in [2.75, 3.05) is 98.7 Å². The molecule has 1 aliphatic rings. The molecule has 3 amide bonds. The number of nitrogens with one attached hydrogen (secondary N) is 3. The third-order valence-electron chi connectivity index (χ3n) is 8.00. The van der Waals surface area contributed by atoms with Gasteiger partial charge in [0.2, 0.25) is 0 Å². The van der Waals surface area contributed by atoms with E-state index in [2.05, 4.69) is 35.6 Å². The van der Waals surface area contributed by atoms with E-state index in [9.17, 15) is 19.2 Å². The average Bonchev–Trinajstić information content (AvgIpc) is 3.02. The highest BCUT2D eigenvalue weighted by Crippen LogP contribution is 2.11. The van der Waals surface area contributed by atoms with Crippen LogP contribution in [0.5, 0.6) is 0 Å². The summed E-state index contributed by atoms with van der Waals surface area (Å²) in [6.07, 6.45) is -1.34. The molecule has 0 aliphatic carbocycles. The summed E-state index contributed by atoms with van der Waals surface area (Å²) in [5.41, 5.74) is -0.173. The molecule has 1 aliphatic heterocycles. The van der Waals surface area contributed by atoms with E-state index in [1.54, 1.807) is 12.1 Å². The zero-order valence-electron chi connectivity index (χ0n) is 34.0. The van der Waals surface area contributed by atoms with Gasteiger partial charge < -0.3 is 34.9 Å². The molecule has 0 unspecified atom stereocenters. The van der Waals surface area contributed by atoms with Gasteiger partial charge in [-0.15, -0.1) is 0 Å². The molecule has 1 saturated heterocycles. The van der Waals surface area contributed by atoms with Gasteiger partial charge in [-0.2, -0.15) is 0 Å². The van der Waals surface area contributed by atoms with Crippen LogP contribution in [0, 0.1) is 0 Å². The molecule has 15 nitrogen and oxygen atoms in total. The van der Waals surface area contributed by atoms with Crippen molar-refractivity contribution >= 4 is 24.2 Å². The predicted octanol–water partition coefficient (Wildman–Crippen LogP) is 3.77. The van der Waals surface area contributed by atoms with Crippen molar-refractivity contribution < 1.29 is 38.1 Å². The lowest BCUT2D eigenvalue weighted by Gasteiger charge is -2.34. The number of esters is 1. The Hall–Kier alpha value is -3.66. The van der Waals surface area contributed by atoms with Gasteiger partial charge in [0.25, 0.3) is 0 Å². The summed E-state index contributed by atoms with van der Waals surface area (Å²) in [5, 5.41) is 8.66. The molecule has 1 aromatic rings. The Bertz CT molecular complexity index is 1230. The molecule has 3 N–H and O–H groups in total. The average molecular weight is 750 g/mol. The first kappa shape index (κ1) is 45.5. The Labute approximate surface area is 317 Å². The van der Waals surface area contributed by atoms with Gasteiger partial charge in [0.1, 0.15) is 16.8 Å². The fraction of sp³-hybridized carbons (Fsp3) is 0.737. The molecule has 0 atom stereocenters. The first-order chi connectivity index (χ1) is 24.7. The van der Waals surface area contributed by atoms with E-state index >= 15 is 0 Å². The quantitative estimate of drug-likeness (QED) is 0.211. The van der Waals surface area contributed by atoms with Crippen molar-refractivity contribution in [1.82, 2.24) is 35.6 Å². The van der Waals surface area contributed by atoms with Crippen molar-refractivity contribution in [3.63, 3.8) is 0 Å². The molecule has 1 heterocycles. The Kier molecular flexibility index (Phi) is 18.8. The SMILES string of the molecule is COC(=O)c1ccc(CN2CCN(CCNC(=O)OC(C)(C)C)CCN(CCNC(=O)OC(C)(C)C)CCN(CCNC(=O)OC(C)(C)C)CC2)cc1. The summed E-state index contributed by atoms with van der Waals surface area (Å²) < 4.78 is 21.2. The lowest BCUT2D eigenvalue weighted by atomic mass is 10.1. The van der Waals surface area contributed by atoms with Crippen LogP contribution in [0.3, 0.4) is 0 Å². The van der Waals surface area contributed by atoms with Crippen molar-refractivity contribution in [2.45, 2.75) is 85.7 Å².